The third-order valence-electron chi connectivity index (χ3n) is 5.70. The van der Waals surface area contributed by atoms with Gasteiger partial charge in [0.25, 0.3) is 5.91 Å². The number of aromatic amines is 1. The normalized spacial score (nSPS) is 17.5. The second-order valence-electron chi connectivity index (χ2n) is 7.59. The summed E-state index contributed by atoms with van der Waals surface area (Å²) in [4.78, 5) is 33.9. The van der Waals surface area contributed by atoms with Gasteiger partial charge in [0.05, 0.1) is 16.1 Å². The Hall–Kier alpha value is -3.95. The fraction of sp³-hybridized carbons (Fsp3) is 0.0870. The number of carbonyl (C=O) groups excluding carboxylic acids is 1. The number of hydrogen-bond donors (Lipinski definition) is 3. The van der Waals surface area contributed by atoms with Gasteiger partial charge >= 0.3 is 6.09 Å². The van der Waals surface area contributed by atoms with Crippen LogP contribution in [0, 0.1) is 5.82 Å². The Morgan fingerprint density at radius 2 is 1.94 bits per heavy atom. The smallest absolute Gasteiger partial charge is 0.413 e. The molecule has 0 radical (unpaired) electrons. The van der Waals surface area contributed by atoms with Crippen molar-refractivity contribution in [2.75, 3.05) is 16.8 Å². The predicted octanol–water partition coefficient (Wildman–Crippen LogP) is 4.32. The zero-order valence-electron chi connectivity index (χ0n) is 17.1. The van der Waals surface area contributed by atoms with Gasteiger partial charge in [0, 0.05) is 29.4 Å². The number of benzene rings is 3. The van der Waals surface area contributed by atoms with Crippen LogP contribution in [0.15, 0.2) is 60.7 Å². The lowest BCUT2D eigenvalue weighted by Crippen LogP contribution is -2.45. The number of aromatic nitrogens is 2. The molecule has 3 N–H and O–H groups in total. The SMILES string of the molecule is CN(C(=O)O)c1nc2cc(C3(O)c4ccccc4C(=O)N3c3ccc(F)c(Cl)c3)ccc2[nH]1. The lowest BCUT2D eigenvalue weighted by molar-refractivity contribution is 0.0704. The maximum absolute atomic E-state index is 13.8. The van der Waals surface area contributed by atoms with E-state index in [1.54, 1.807) is 42.5 Å². The molecule has 8 nitrogen and oxygen atoms in total. The van der Waals surface area contributed by atoms with Crippen LogP contribution in [0.5, 0.6) is 0 Å². The van der Waals surface area contributed by atoms with Crippen molar-refractivity contribution in [1.29, 1.82) is 0 Å². The average molecular weight is 467 g/mol. The Bertz CT molecular complexity index is 1460. The number of fused-ring (bicyclic) bond motifs is 2. The highest BCUT2D eigenvalue weighted by Gasteiger charge is 2.50. The molecule has 3 aromatic carbocycles. The van der Waals surface area contributed by atoms with Crippen LogP contribution < -0.4 is 9.80 Å². The Kier molecular flexibility index (Phi) is 4.62. The fourth-order valence-electron chi connectivity index (χ4n) is 4.03. The zero-order chi connectivity index (χ0) is 23.5. The summed E-state index contributed by atoms with van der Waals surface area (Å²) >= 11 is 5.97. The topological polar surface area (TPSA) is 110 Å². The van der Waals surface area contributed by atoms with Gasteiger partial charge in [0.1, 0.15) is 5.82 Å². The summed E-state index contributed by atoms with van der Waals surface area (Å²) in [5.74, 6) is -1.03. The number of hydrogen-bond acceptors (Lipinski definition) is 4. The molecule has 10 heteroatoms. The highest BCUT2D eigenvalue weighted by atomic mass is 35.5. The van der Waals surface area contributed by atoms with Gasteiger partial charge in [-0.05, 0) is 36.4 Å². The van der Waals surface area contributed by atoms with Gasteiger partial charge < -0.3 is 15.2 Å². The number of carbonyl (C=O) groups is 2. The number of carboxylic acid groups (broad SMARTS) is 1. The first-order valence-electron chi connectivity index (χ1n) is 9.80. The van der Waals surface area contributed by atoms with Crippen molar-refractivity contribution in [2.45, 2.75) is 5.72 Å². The summed E-state index contributed by atoms with van der Waals surface area (Å²) in [6.07, 6.45) is -1.19. The molecule has 2 amide bonds. The number of rotatable bonds is 3. The number of amides is 2. The first-order chi connectivity index (χ1) is 15.7. The zero-order valence-corrected chi connectivity index (χ0v) is 17.8. The molecule has 1 unspecified atom stereocenters. The van der Waals surface area contributed by atoms with Crippen LogP contribution in [-0.2, 0) is 5.72 Å². The van der Waals surface area contributed by atoms with Crippen LogP contribution in [0.25, 0.3) is 11.0 Å². The molecule has 4 aromatic rings. The maximum atomic E-state index is 13.8. The van der Waals surface area contributed by atoms with Crippen molar-refractivity contribution in [3.8, 4) is 0 Å². The van der Waals surface area contributed by atoms with E-state index >= 15 is 0 Å². The number of halogens is 2. The van der Waals surface area contributed by atoms with Crippen molar-refractivity contribution >= 4 is 46.3 Å². The Labute approximate surface area is 191 Å². The van der Waals surface area contributed by atoms with Gasteiger partial charge in [-0.3, -0.25) is 14.6 Å². The predicted molar refractivity (Wildman–Crippen MR) is 120 cm³/mol. The summed E-state index contributed by atoms with van der Waals surface area (Å²) in [5, 5.41) is 21.1. The van der Waals surface area contributed by atoms with Crippen LogP contribution in [0.2, 0.25) is 5.02 Å². The molecular formula is C23H16ClFN4O4. The molecule has 1 aliphatic rings. The van der Waals surface area contributed by atoms with Gasteiger partial charge in [-0.1, -0.05) is 35.9 Å². The van der Waals surface area contributed by atoms with Gasteiger partial charge in [-0.2, -0.15) is 0 Å². The number of H-pyrrole nitrogens is 1. The minimum Gasteiger partial charge on any atom is -0.465 e. The third kappa shape index (κ3) is 3.05. The van der Waals surface area contributed by atoms with E-state index in [0.29, 0.717) is 22.2 Å². The van der Waals surface area contributed by atoms with Crippen LogP contribution in [-0.4, -0.2) is 39.2 Å². The van der Waals surface area contributed by atoms with Crippen molar-refractivity contribution in [3.05, 3.63) is 88.2 Å². The standard InChI is InChI=1S/C23H16ClFN4O4/c1-28(22(31)32)21-26-18-9-6-12(10-19(18)27-21)23(33)15-5-3-2-4-14(15)20(30)29(23)13-7-8-17(25)16(24)11-13/h2-11,33H,1H3,(H,26,27)(H,31,32). The fourth-order valence-corrected chi connectivity index (χ4v) is 4.21. The molecule has 0 saturated heterocycles. The molecular weight excluding hydrogens is 451 g/mol. The first-order valence-corrected chi connectivity index (χ1v) is 10.2. The van der Waals surface area contributed by atoms with Gasteiger partial charge in [0.2, 0.25) is 5.95 Å². The lowest BCUT2D eigenvalue weighted by Gasteiger charge is -2.35. The van der Waals surface area contributed by atoms with Crippen LogP contribution in [0.4, 0.5) is 20.8 Å². The van der Waals surface area contributed by atoms with Gasteiger partial charge in [-0.15, -0.1) is 0 Å². The van der Waals surface area contributed by atoms with Crippen molar-refractivity contribution in [3.63, 3.8) is 0 Å². The molecule has 0 spiro atoms. The number of anilines is 2. The minimum atomic E-state index is -1.94. The molecule has 166 valence electrons. The van der Waals surface area contributed by atoms with Crippen LogP contribution in [0.1, 0.15) is 21.5 Å². The monoisotopic (exact) mass is 466 g/mol. The van der Waals surface area contributed by atoms with Crippen LogP contribution in [0.3, 0.4) is 0 Å². The molecule has 33 heavy (non-hydrogen) atoms. The third-order valence-corrected chi connectivity index (χ3v) is 5.99. The number of nitrogens with zero attached hydrogens (tertiary/aromatic N) is 3. The van der Waals surface area contributed by atoms with E-state index in [-0.39, 0.29) is 22.2 Å². The number of aliphatic hydroxyl groups is 1. The van der Waals surface area contributed by atoms with Crippen molar-refractivity contribution in [1.82, 2.24) is 9.97 Å². The highest BCUT2D eigenvalue weighted by molar-refractivity contribution is 6.31. The molecule has 1 aromatic heterocycles. The van der Waals surface area contributed by atoms with E-state index in [4.69, 9.17) is 11.6 Å². The van der Waals surface area contributed by atoms with E-state index in [2.05, 4.69) is 9.97 Å². The van der Waals surface area contributed by atoms with E-state index < -0.39 is 23.5 Å². The summed E-state index contributed by atoms with van der Waals surface area (Å²) in [7, 11) is 1.35. The lowest BCUT2D eigenvalue weighted by atomic mass is 9.93. The minimum absolute atomic E-state index is 0.103. The van der Waals surface area contributed by atoms with Gasteiger partial charge in [-0.25, -0.2) is 14.2 Å². The molecule has 1 atom stereocenters. The quantitative estimate of drug-likeness (QED) is 0.416. The second kappa shape index (κ2) is 7.29. The Morgan fingerprint density at radius 1 is 1.18 bits per heavy atom. The van der Waals surface area contributed by atoms with Crippen molar-refractivity contribution < 1.29 is 24.2 Å². The maximum Gasteiger partial charge on any atom is 0.413 e. The molecule has 0 bridgehead atoms. The average Bonchev–Trinajstić information content (AvgIpc) is 3.33. The first kappa shape index (κ1) is 20.9. The summed E-state index contributed by atoms with van der Waals surface area (Å²) in [6, 6.07) is 15.2. The molecule has 1 aliphatic heterocycles. The molecule has 0 aliphatic carbocycles. The number of nitrogens with one attached hydrogen (secondary N) is 1. The Morgan fingerprint density at radius 3 is 2.67 bits per heavy atom. The molecule has 0 saturated carbocycles. The van der Waals surface area contributed by atoms with E-state index in [1.807, 2.05) is 0 Å². The highest BCUT2D eigenvalue weighted by Crippen LogP contribution is 2.45. The van der Waals surface area contributed by atoms with E-state index in [0.717, 1.165) is 15.9 Å². The molecule has 0 fully saturated rings. The summed E-state index contributed by atoms with van der Waals surface area (Å²) in [5.41, 5.74) is 0.128. The summed E-state index contributed by atoms with van der Waals surface area (Å²) in [6.45, 7) is 0. The summed E-state index contributed by atoms with van der Waals surface area (Å²) < 4.78 is 13.8. The van der Waals surface area contributed by atoms with Crippen molar-refractivity contribution in [2.24, 2.45) is 0 Å². The number of imidazole rings is 1. The molecule has 2 heterocycles. The van der Waals surface area contributed by atoms with E-state index in [9.17, 15) is 24.2 Å². The van der Waals surface area contributed by atoms with Crippen LogP contribution >= 0.6 is 11.6 Å². The second-order valence-corrected chi connectivity index (χ2v) is 8.00. The van der Waals surface area contributed by atoms with Gasteiger partial charge in [0.15, 0.2) is 5.72 Å². The Balaban J connectivity index is 1.72. The molecule has 5 rings (SSSR count). The largest absolute Gasteiger partial charge is 0.465 e. The van der Waals surface area contributed by atoms with E-state index in [1.165, 1.54) is 19.2 Å².